The van der Waals surface area contributed by atoms with Crippen LogP contribution in [0.15, 0.2) is 30.3 Å². The zero-order chi connectivity index (χ0) is 24.9. The Kier molecular flexibility index (Phi) is 8.37. The molecule has 10 nitrogen and oxygen atoms in total. The predicted molar refractivity (Wildman–Crippen MR) is 124 cm³/mol. The van der Waals surface area contributed by atoms with E-state index in [1.807, 2.05) is 65.0 Å². The highest BCUT2D eigenvalue weighted by atomic mass is 16.7. The number of amides is 4. The number of urea groups is 1. The van der Waals surface area contributed by atoms with Crippen LogP contribution in [0.2, 0.25) is 0 Å². The highest BCUT2D eigenvalue weighted by molar-refractivity contribution is 5.88. The van der Waals surface area contributed by atoms with Crippen LogP contribution in [0.4, 0.5) is 9.59 Å². The van der Waals surface area contributed by atoms with Crippen LogP contribution in [-0.4, -0.2) is 76.3 Å². The second-order valence-corrected chi connectivity index (χ2v) is 9.85. The summed E-state index contributed by atoms with van der Waals surface area (Å²) in [6.07, 6.45) is 0.746. The molecule has 3 rings (SSSR count). The van der Waals surface area contributed by atoms with Gasteiger partial charge in [-0.05, 0) is 53.0 Å². The molecule has 188 valence electrons. The Bertz CT molecular complexity index is 857. The van der Waals surface area contributed by atoms with E-state index in [0.29, 0.717) is 26.0 Å². The number of nitrogens with zero attached hydrogens (tertiary/aromatic N) is 3. The van der Waals surface area contributed by atoms with Crippen molar-refractivity contribution in [2.75, 3.05) is 19.7 Å². The Hall–Kier alpha value is -2.85. The number of ether oxygens (including phenoxy) is 1. The van der Waals surface area contributed by atoms with Crippen LogP contribution in [0.5, 0.6) is 0 Å². The highest BCUT2D eigenvalue weighted by Gasteiger charge is 2.48. The monoisotopic (exact) mass is 476 g/mol. The maximum atomic E-state index is 12.9. The number of carbonyl (C=O) groups excluding carboxylic acids is 3. The van der Waals surface area contributed by atoms with Gasteiger partial charge in [0.05, 0.1) is 19.2 Å². The van der Waals surface area contributed by atoms with Gasteiger partial charge in [0.25, 0.3) is 5.91 Å². The number of benzene rings is 1. The highest BCUT2D eigenvalue weighted by Crippen LogP contribution is 2.30. The minimum absolute atomic E-state index is 0.0744. The predicted octanol–water partition coefficient (Wildman–Crippen LogP) is 3.08. The Balaban J connectivity index is 1.46. The normalized spacial score (nSPS) is 20.0. The third kappa shape index (κ3) is 6.60. The van der Waals surface area contributed by atoms with Crippen molar-refractivity contribution in [1.29, 1.82) is 0 Å². The molecule has 2 aliphatic heterocycles. The first kappa shape index (κ1) is 25.8. The topological polar surface area (TPSA) is 101 Å². The van der Waals surface area contributed by atoms with Gasteiger partial charge in [-0.25, -0.2) is 15.1 Å². The van der Waals surface area contributed by atoms with Crippen LogP contribution in [0.1, 0.15) is 53.0 Å². The molecule has 1 N–H and O–H groups in total. The quantitative estimate of drug-likeness (QED) is 0.434. The molecule has 2 atom stereocenters. The standard InChI is InChI=1S/C24H36N4O6/c1-17(2)26(23(31)34-24(3,4)5)13-14-32-25-21(29)20-12-11-19-15-27(20)22(30)28(19)33-16-18-9-7-6-8-10-18/h6-10,17,19-20H,11-16H2,1-5H3,(H,25,29)/t19?,20-/m0/s1. The number of rotatable bonds is 9. The second kappa shape index (κ2) is 11.1. The third-order valence-electron chi connectivity index (χ3n) is 5.70. The van der Waals surface area contributed by atoms with Crippen LogP contribution in [-0.2, 0) is 25.8 Å². The van der Waals surface area contributed by atoms with Crippen molar-refractivity contribution in [2.24, 2.45) is 0 Å². The molecule has 0 spiro atoms. The molecule has 2 heterocycles. The number of piperidine rings is 1. The maximum absolute atomic E-state index is 12.9. The summed E-state index contributed by atoms with van der Waals surface area (Å²) in [5.41, 5.74) is 2.81. The third-order valence-corrected chi connectivity index (χ3v) is 5.70. The summed E-state index contributed by atoms with van der Waals surface area (Å²) in [5, 5.41) is 1.39. The lowest BCUT2D eigenvalue weighted by Crippen LogP contribution is -2.50. The van der Waals surface area contributed by atoms with Gasteiger partial charge in [0, 0.05) is 12.6 Å². The Morgan fingerprint density at radius 3 is 2.53 bits per heavy atom. The molecular formula is C24H36N4O6. The van der Waals surface area contributed by atoms with E-state index in [9.17, 15) is 14.4 Å². The van der Waals surface area contributed by atoms with Gasteiger partial charge < -0.3 is 14.5 Å². The molecule has 34 heavy (non-hydrogen) atoms. The van der Waals surface area contributed by atoms with Crippen LogP contribution in [0.25, 0.3) is 0 Å². The fraction of sp³-hybridized carbons (Fsp3) is 0.625. The van der Waals surface area contributed by atoms with E-state index in [2.05, 4.69) is 5.48 Å². The summed E-state index contributed by atoms with van der Waals surface area (Å²) in [6, 6.07) is 8.53. The number of fused-ring (bicyclic) bond motifs is 2. The molecule has 10 heteroatoms. The molecule has 1 aromatic carbocycles. The minimum atomic E-state index is -0.624. The van der Waals surface area contributed by atoms with Crippen LogP contribution in [0, 0.1) is 0 Å². The van der Waals surface area contributed by atoms with Crippen molar-refractivity contribution in [3.05, 3.63) is 35.9 Å². The summed E-state index contributed by atoms with van der Waals surface area (Å²) >= 11 is 0. The lowest BCUT2D eigenvalue weighted by atomic mass is 10.0. The van der Waals surface area contributed by atoms with E-state index in [1.165, 1.54) is 14.9 Å². The first-order chi connectivity index (χ1) is 16.1. The molecule has 2 fully saturated rings. The molecular weight excluding hydrogens is 440 g/mol. The average molecular weight is 477 g/mol. The van der Waals surface area contributed by atoms with Gasteiger partial charge in [-0.2, -0.15) is 5.06 Å². The zero-order valence-electron chi connectivity index (χ0n) is 20.7. The minimum Gasteiger partial charge on any atom is -0.444 e. The van der Waals surface area contributed by atoms with Crippen molar-refractivity contribution in [2.45, 2.75) is 77.8 Å². The number of nitrogens with one attached hydrogen (secondary N) is 1. The van der Waals surface area contributed by atoms with Gasteiger partial charge in [-0.1, -0.05) is 30.3 Å². The number of hydroxylamine groups is 3. The van der Waals surface area contributed by atoms with Gasteiger partial charge in [-0.3, -0.25) is 14.5 Å². The molecule has 2 saturated heterocycles. The molecule has 1 unspecified atom stereocenters. The van der Waals surface area contributed by atoms with E-state index in [0.717, 1.165) is 5.56 Å². The summed E-state index contributed by atoms with van der Waals surface area (Å²) < 4.78 is 5.42. The van der Waals surface area contributed by atoms with E-state index >= 15 is 0 Å². The van der Waals surface area contributed by atoms with Crippen molar-refractivity contribution >= 4 is 18.0 Å². The van der Waals surface area contributed by atoms with E-state index in [1.54, 1.807) is 0 Å². The summed E-state index contributed by atoms with van der Waals surface area (Å²) in [6.45, 7) is 10.3. The molecule has 1 aromatic rings. The molecule has 2 aliphatic rings. The van der Waals surface area contributed by atoms with Gasteiger partial charge in [0.15, 0.2) is 0 Å². The SMILES string of the molecule is CC(C)N(CCONC(=O)[C@@H]1CCC2CN1C(=O)N2OCc1ccccc1)C(=O)OC(C)(C)C. The van der Waals surface area contributed by atoms with E-state index < -0.39 is 17.7 Å². The summed E-state index contributed by atoms with van der Waals surface area (Å²) in [4.78, 5) is 52.1. The van der Waals surface area contributed by atoms with E-state index in [-0.39, 0.29) is 37.2 Å². The average Bonchev–Trinajstić information content (AvgIpc) is 3.00. The smallest absolute Gasteiger partial charge is 0.410 e. The molecule has 2 bridgehead atoms. The molecule has 0 aliphatic carbocycles. The van der Waals surface area contributed by atoms with E-state index in [4.69, 9.17) is 14.4 Å². The van der Waals surface area contributed by atoms with Gasteiger partial charge in [0.2, 0.25) is 0 Å². The van der Waals surface area contributed by atoms with Crippen molar-refractivity contribution in [3.8, 4) is 0 Å². The Morgan fingerprint density at radius 1 is 1.18 bits per heavy atom. The molecule has 0 radical (unpaired) electrons. The maximum Gasteiger partial charge on any atom is 0.410 e. The van der Waals surface area contributed by atoms with Crippen LogP contribution < -0.4 is 5.48 Å². The van der Waals surface area contributed by atoms with Crippen LogP contribution in [0.3, 0.4) is 0 Å². The molecule has 0 aromatic heterocycles. The summed E-state index contributed by atoms with van der Waals surface area (Å²) in [7, 11) is 0. The Morgan fingerprint density at radius 2 is 1.88 bits per heavy atom. The first-order valence-corrected chi connectivity index (χ1v) is 11.7. The number of carbonyl (C=O) groups is 3. The van der Waals surface area contributed by atoms with Crippen LogP contribution >= 0.6 is 0 Å². The summed E-state index contributed by atoms with van der Waals surface area (Å²) in [5.74, 6) is -0.384. The largest absolute Gasteiger partial charge is 0.444 e. The molecule has 4 amide bonds. The van der Waals surface area contributed by atoms with Crippen molar-refractivity contribution in [1.82, 2.24) is 20.3 Å². The Labute approximate surface area is 201 Å². The fourth-order valence-electron chi connectivity index (χ4n) is 4.00. The number of hydrogen-bond acceptors (Lipinski definition) is 6. The fourth-order valence-corrected chi connectivity index (χ4v) is 4.00. The lowest BCUT2D eigenvalue weighted by Gasteiger charge is -2.30. The van der Waals surface area contributed by atoms with Gasteiger partial charge in [0.1, 0.15) is 18.2 Å². The second-order valence-electron chi connectivity index (χ2n) is 9.85. The lowest BCUT2D eigenvalue weighted by molar-refractivity contribution is -0.141. The van der Waals surface area contributed by atoms with Gasteiger partial charge >= 0.3 is 12.1 Å². The number of hydrogen-bond donors (Lipinski definition) is 1. The van der Waals surface area contributed by atoms with Crippen molar-refractivity contribution < 1.29 is 28.8 Å². The van der Waals surface area contributed by atoms with Crippen molar-refractivity contribution in [3.63, 3.8) is 0 Å². The zero-order valence-corrected chi connectivity index (χ0v) is 20.7. The van der Waals surface area contributed by atoms with Gasteiger partial charge in [-0.15, -0.1) is 0 Å². The molecule has 0 saturated carbocycles. The first-order valence-electron chi connectivity index (χ1n) is 11.7.